The Bertz CT molecular complexity index is 419. The lowest BCUT2D eigenvalue weighted by atomic mass is 9.81. The number of allylic oxidation sites excluding steroid dienone is 1. The Labute approximate surface area is 91.5 Å². The molecule has 0 saturated heterocycles. The summed E-state index contributed by atoms with van der Waals surface area (Å²) in [5.74, 6) is 0. The van der Waals surface area contributed by atoms with Crippen LogP contribution >= 0.6 is 0 Å². The summed E-state index contributed by atoms with van der Waals surface area (Å²) in [6, 6.07) is 8.51. The van der Waals surface area contributed by atoms with E-state index in [1.165, 1.54) is 16.7 Å². The van der Waals surface area contributed by atoms with E-state index >= 15 is 0 Å². The molecule has 1 N–H and O–H groups in total. The zero-order chi connectivity index (χ0) is 10.9. The number of fused-ring (bicyclic) bond motifs is 1. The van der Waals surface area contributed by atoms with Gasteiger partial charge in [0.25, 0.3) is 0 Å². The summed E-state index contributed by atoms with van der Waals surface area (Å²) in [5.41, 5.74) is 4.12. The van der Waals surface area contributed by atoms with Crippen molar-refractivity contribution in [2.24, 2.45) is 5.41 Å². The number of hydrogen-bond acceptors (Lipinski definition) is 1. The van der Waals surface area contributed by atoms with Crippen LogP contribution in [0, 0.1) is 5.41 Å². The quantitative estimate of drug-likeness (QED) is 0.672. The third-order valence-corrected chi connectivity index (χ3v) is 2.65. The molecular weight excluding hydrogens is 182 g/mol. The molecule has 0 atom stereocenters. The predicted molar refractivity (Wildman–Crippen MR) is 66.0 cm³/mol. The average Bonchev–Trinajstić information content (AvgIpc) is 2.38. The molecule has 0 saturated carbocycles. The highest BCUT2D eigenvalue weighted by Gasteiger charge is 2.20. The molecule has 1 heteroatoms. The Morgan fingerprint density at radius 1 is 1.07 bits per heavy atom. The molecule has 0 unspecified atom stereocenters. The minimum Gasteiger partial charge on any atom is -0.367 e. The van der Waals surface area contributed by atoms with E-state index in [0.717, 1.165) is 0 Å². The van der Waals surface area contributed by atoms with Gasteiger partial charge in [-0.25, -0.2) is 0 Å². The van der Waals surface area contributed by atoms with Gasteiger partial charge in [0.1, 0.15) is 0 Å². The fourth-order valence-corrected chi connectivity index (χ4v) is 1.86. The summed E-state index contributed by atoms with van der Waals surface area (Å²) in [6.45, 7) is 6.72. The second kappa shape index (κ2) is 3.58. The smallest absolute Gasteiger partial charge is 0.00483 e. The third-order valence-electron chi connectivity index (χ3n) is 2.65. The summed E-state index contributed by atoms with van der Waals surface area (Å²) in [6.07, 6.45) is 6.20. The second-order valence-electron chi connectivity index (χ2n) is 4.90. The van der Waals surface area contributed by atoms with E-state index in [-0.39, 0.29) is 5.41 Å². The first-order valence-electron chi connectivity index (χ1n) is 5.32. The topological polar surface area (TPSA) is 12.0 Å². The molecule has 0 aromatic heterocycles. The standard InChI is InChI=1S/C14H17N/c1-14(2,3)13-10-15-9-8-11-6-4-5-7-12(11)13/h4-10,15H,1-3H3. The highest BCUT2D eigenvalue weighted by atomic mass is 14.8. The van der Waals surface area contributed by atoms with Crippen LogP contribution in [0.5, 0.6) is 0 Å². The average molecular weight is 199 g/mol. The molecule has 1 aromatic carbocycles. The van der Waals surface area contributed by atoms with Crippen LogP contribution in [0.4, 0.5) is 0 Å². The lowest BCUT2D eigenvalue weighted by Crippen LogP contribution is -2.10. The van der Waals surface area contributed by atoms with Gasteiger partial charge in [-0.2, -0.15) is 0 Å². The molecule has 1 aliphatic rings. The van der Waals surface area contributed by atoms with Crippen molar-refractivity contribution in [1.29, 1.82) is 0 Å². The number of benzene rings is 1. The van der Waals surface area contributed by atoms with Crippen molar-refractivity contribution < 1.29 is 0 Å². The first-order valence-corrected chi connectivity index (χ1v) is 5.32. The van der Waals surface area contributed by atoms with E-state index in [9.17, 15) is 0 Å². The van der Waals surface area contributed by atoms with E-state index in [1.54, 1.807) is 0 Å². The number of rotatable bonds is 0. The van der Waals surface area contributed by atoms with Crippen molar-refractivity contribution in [3.05, 3.63) is 47.8 Å². The molecule has 1 aromatic rings. The van der Waals surface area contributed by atoms with Gasteiger partial charge in [0.05, 0.1) is 0 Å². The second-order valence-corrected chi connectivity index (χ2v) is 4.90. The van der Waals surface area contributed by atoms with Crippen molar-refractivity contribution in [2.45, 2.75) is 20.8 Å². The lowest BCUT2D eigenvalue weighted by molar-refractivity contribution is 0.565. The van der Waals surface area contributed by atoms with Gasteiger partial charge in [-0.3, -0.25) is 0 Å². The summed E-state index contributed by atoms with van der Waals surface area (Å²) < 4.78 is 0. The molecule has 15 heavy (non-hydrogen) atoms. The zero-order valence-electron chi connectivity index (χ0n) is 9.54. The van der Waals surface area contributed by atoms with Gasteiger partial charge in [0.2, 0.25) is 0 Å². The summed E-state index contributed by atoms with van der Waals surface area (Å²) in [4.78, 5) is 0. The van der Waals surface area contributed by atoms with Crippen LogP contribution in [-0.2, 0) is 0 Å². The monoisotopic (exact) mass is 199 g/mol. The highest BCUT2D eigenvalue weighted by molar-refractivity contribution is 5.78. The molecule has 1 nitrogen and oxygen atoms in total. The van der Waals surface area contributed by atoms with Gasteiger partial charge in [0, 0.05) is 12.4 Å². The van der Waals surface area contributed by atoms with Crippen LogP contribution in [-0.4, -0.2) is 0 Å². The Balaban J connectivity index is 2.58. The van der Waals surface area contributed by atoms with E-state index in [2.05, 4.69) is 62.6 Å². The molecule has 0 spiro atoms. The molecule has 0 aliphatic carbocycles. The van der Waals surface area contributed by atoms with Crippen molar-refractivity contribution in [2.75, 3.05) is 0 Å². The first kappa shape index (κ1) is 10.0. The van der Waals surface area contributed by atoms with Gasteiger partial charge in [0.15, 0.2) is 0 Å². The van der Waals surface area contributed by atoms with Gasteiger partial charge in [-0.1, -0.05) is 45.0 Å². The summed E-state index contributed by atoms with van der Waals surface area (Å²) in [5, 5.41) is 3.21. The van der Waals surface area contributed by atoms with Gasteiger partial charge in [-0.15, -0.1) is 0 Å². The van der Waals surface area contributed by atoms with Crippen molar-refractivity contribution >= 4 is 11.6 Å². The fraction of sp³-hybridized carbons (Fsp3) is 0.286. The first-order chi connectivity index (χ1) is 7.09. The summed E-state index contributed by atoms with van der Waals surface area (Å²) in [7, 11) is 0. The van der Waals surface area contributed by atoms with E-state index in [1.807, 2.05) is 6.20 Å². The van der Waals surface area contributed by atoms with Gasteiger partial charge < -0.3 is 5.32 Å². The number of nitrogens with one attached hydrogen (secondary N) is 1. The number of hydrogen-bond donors (Lipinski definition) is 1. The highest BCUT2D eigenvalue weighted by Crippen LogP contribution is 2.36. The Hall–Kier alpha value is -1.50. The molecule has 78 valence electrons. The van der Waals surface area contributed by atoms with Crippen LogP contribution in [0.3, 0.4) is 0 Å². The minimum absolute atomic E-state index is 0.162. The van der Waals surface area contributed by atoms with E-state index < -0.39 is 0 Å². The molecule has 1 heterocycles. The van der Waals surface area contributed by atoms with Crippen molar-refractivity contribution in [1.82, 2.24) is 5.32 Å². The fourth-order valence-electron chi connectivity index (χ4n) is 1.86. The van der Waals surface area contributed by atoms with Crippen LogP contribution in [0.2, 0.25) is 0 Å². The Morgan fingerprint density at radius 3 is 2.53 bits per heavy atom. The van der Waals surface area contributed by atoms with Crippen LogP contribution in [0.15, 0.2) is 36.7 Å². The zero-order valence-corrected chi connectivity index (χ0v) is 9.54. The predicted octanol–water partition coefficient (Wildman–Crippen LogP) is 3.65. The maximum atomic E-state index is 3.21. The van der Waals surface area contributed by atoms with Crippen molar-refractivity contribution in [3.8, 4) is 0 Å². The Kier molecular flexibility index (Phi) is 2.39. The normalized spacial score (nSPS) is 15.0. The molecule has 1 aliphatic heterocycles. The maximum absolute atomic E-state index is 3.21. The van der Waals surface area contributed by atoms with Crippen LogP contribution in [0.1, 0.15) is 31.9 Å². The van der Waals surface area contributed by atoms with Crippen LogP contribution in [0.25, 0.3) is 11.6 Å². The molecule has 0 bridgehead atoms. The van der Waals surface area contributed by atoms with Crippen LogP contribution < -0.4 is 5.32 Å². The van der Waals surface area contributed by atoms with E-state index in [4.69, 9.17) is 0 Å². The molecular formula is C14H17N. The third kappa shape index (κ3) is 1.96. The largest absolute Gasteiger partial charge is 0.367 e. The van der Waals surface area contributed by atoms with Gasteiger partial charge >= 0.3 is 0 Å². The molecule has 0 fully saturated rings. The molecule has 2 rings (SSSR count). The minimum atomic E-state index is 0.162. The lowest BCUT2D eigenvalue weighted by Gasteiger charge is -2.23. The van der Waals surface area contributed by atoms with Crippen molar-refractivity contribution in [3.63, 3.8) is 0 Å². The summed E-state index contributed by atoms with van der Waals surface area (Å²) >= 11 is 0. The van der Waals surface area contributed by atoms with E-state index in [0.29, 0.717) is 0 Å². The molecule has 0 radical (unpaired) electrons. The Morgan fingerprint density at radius 2 is 1.80 bits per heavy atom. The maximum Gasteiger partial charge on any atom is 0.00483 e. The molecule has 0 amide bonds. The SMILES string of the molecule is CC(C)(C)C1=CNC=Cc2ccccc21. The van der Waals surface area contributed by atoms with Gasteiger partial charge in [-0.05, 0) is 28.2 Å².